The number of carbonyl (C=O) groups excluding carboxylic acids is 1. The van der Waals surface area contributed by atoms with Gasteiger partial charge in [0.1, 0.15) is 5.03 Å². The van der Waals surface area contributed by atoms with E-state index in [4.69, 9.17) is 16.7 Å². The van der Waals surface area contributed by atoms with Gasteiger partial charge in [-0.3, -0.25) is 9.36 Å². The van der Waals surface area contributed by atoms with Crippen LogP contribution < -0.4 is 11.0 Å². The number of aliphatic hydroxyl groups is 1. The predicted octanol–water partition coefficient (Wildman–Crippen LogP) is 2.57. The normalized spacial score (nSPS) is 13.2. The Bertz CT molecular complexity index is 884. The predicted molar refractivity (Wildman–Crippen MR) is 111 cm³/mol. The molecule has 3 rings (SSSR count). The number of rotatable bonds is 8. The van der Waals surface area contributed by atoms with Gasteiger partial charge in [0.15, 0.2) is 0 Å². The number of nitrogens with zero attached hydrogens (tertiary/aromatic N) is 2. The first-order valence-corrected chi connectivity index (χ1v) is 10.8. The number of hydrogen-bond donors (Lipinski definition) is 2. The second-order valence-corrected chi connectivity index (χ2v) is 8.15. The third-order valence-electron chi connectivity index (χ3n) is 4.73. The lowest BCUT2D eigenvalue weighted by Crippen LogP contribution is -2.31. The number of carbonyl (C=O) groups is 1. The summed E-state index contributed by atoms with van der Waals surface area (Å²) in [4.78, 5) is 28.9. The fourth-order valence-electron chi connectivity index (χ4n) is 3.31. The average molecular weight is 422 g/mol. The van der Waals surface area contributed by atoms with E-state index in [2.05, 4.69) is 10.3 Å². The topological polar surface area (TPSA) is 84.2 Å². The summed E-state index contributed by atoms with van der Waals surface area (Å²) in [7, 11) is 0. The molecular formula is C20H24ClN3O3S. The van der Waals surface area contributed by atoms with Crippen LogP contribution in [0.5, 0.6) is 0 Å². The molecule has 0 saturated carbocycles. The van der Waals surface area contributed by atoms with Crippen LogP contribution in [0.25, 0.3) is 0 Å². The number of nitrogens with one attached hydrogen (secondary N) is 1. The van der Waals surface area contributed by atoms with Crippen LogP contribution in [0.3, 0.4) is 0 Å². The van der Waals surface area contributed by atoms with Gasteiger partial charge in [0.05, 0.1) is 5.75 Å². The van der Waals surface area contributed by atoms with Gasteiger partial charge in [-0.1, -0.05) is 35.5 Å². The first-order valence-electron chi connectivity index (χ1n) is 9.46. The second-order valence-electron chi connectivity index (χ2n) is 6.75. The van der Waals surface area contributed by atoms with Crippen LogP contribution in [0, 0.1) is 0 Å². The number of thioether (sulfide) groups is 1. The fraction of sp³-hybridized carbons (Fsp3) is 0.450. The Morgan fingerprint density at radius 3 is 2.75 bits per heavy atom. The van der Waals surface area contributed by atoms with E-state index in [9.17, 15) is 9.59 Å². The van der Waals surface area contributed by atoms with Gasteiger partial charge < -0.3 is 10.4 Å². The van der Waals surface area contributed by atoms with Crippen LogP contribution in [0.1, 0.15) is 36.1 Å². The molecular weight excluding hydrogens is 398 g/mol. The number of hydrogen-bond acceptors (Lipinski definition) is 5. The molecule has 1 aliphatic rings. The molecule has 6 nitrogen and oxygen atoms in total. The lowest BCUT2D eigenvalue weighted by molar-refractivity contribution is -0.118. The van der Waals surface area contributed by atoms with Crippen LogP contribution >= 0.6 is 23.4 Å². The molecule has 0 spiro atoms. The molecule has 0 radical (unpaired) electrons. The van der Waals surface area contributed by atoms with Crippen molar-refractivity contribution in [2.24, 2.45) is 0 Å². The zero-order chi connectivity index (χ0) is 19.9. The molecule has 2 aromatic rings. The van der Waals surface area contributed by atoms with Gasteiger partial charge in [-0.25, -0.2) is 4.79 Å². The van der Waals surface area contributed by atoms with Crippen LogP contribution in [0.4, 0.5) is 0 Å². The summed E-state index contributed by atoms with van der Waals surface area (Å²) in [5, 5.41) is 13.3. The lowest BCUT2D eigenvalue weighted by Gasteiger charge is -2.22. The molecule has 0 bridgehead atoms. The third kappa shape index (κ3) is 5.37. The number of amides is 1. The smallest absolute Gasteiger partial charge is 0.348 e. The minimum Gasteiger partial charge on any atom is -0.396 e. The summed E-state index contributed by atoms with van der Waals surface area (Å²) in [5.74, 6) is 0.114. The van der Waals surface area contributed by atoms with Gasteiger partial charge in [-0.2, -0.15) is 4.98 Å². The number of halogens is 1. The van der Waals surface area contributed by atoms with Crippen molar-refractivity contribution in [1.29, 1.82) is 0 Å². The second kappa shape index (κ2) is 10.1. The molecule has 1 amide bonds. The highest BCUT2D eigenvalue weighted by Gasteiger charge is 2.20. The van der Waals surface area contributed by atoms with Crippen molar-refractivity contribution in [1.82, 2.24) is 14.9 Å². The third-order valence-corrected chi connectivity index (χ3v) is 6.00. The highest BCUT2D eigenvalue weighted by molar-refractivity contribution is 7.99. The molecule has 0 saturated heterocycles. The monoisotopic (exact) mass is 421 g/mol. The molecule has 8 heteroatoms. The standard InChI is InChI=1S/C20H24ClN3O3S/c21-15-8-6-14(7-9-15)12-22-18(26)13-28-19-16-4-1-2-5-17(16)24(10-3-11-25)20(27)23-19/h6-9,25H,1-5,10-13H2,(H,22,26). The maximum atomic E-state index is 12.4. The summed E-state index contributed by atoms with van der Waals surface area (Å²) in [6.45, 7) is 0.966. The van der Waals surface area contributed by atoms with E-state index >= 15 is 0 Å². The summed E-state index contributed by atoms with van der Waals surface area (Å²) in [5.41, 5.74) is 2.78. The average Bonchev–Trinajstić information content (AvgIpc) is 2.71. The largest absolute Gasteiger partial charge is 0.396 e. The SMILES string of the molecule is O=C(CSc1nc(=O)n(CCCO)c2c1CCCC2)NCc1ccc(Cl)cc1. The maximum Gasteiger partial charge on any atom is 0.348 e. The molecule has 1 aromatic heterocycles. The highest BCUT2D eigenvalue weighted by Crippen LogP contribution is 2.28. The molecule has 0 fully saturated rings. The molecule has 0 atom stereocenters. The molecule has 1 aromatic carbocycles. The van der Waals surface area contributed by atoms with Crippen molar-refractivity contribution in [3.05, 3.63) is 56.6 Å². The number of aromatic nitrogens is 2. The Balaban J connectivity index is 1.65. The highest BCUT2D eigenvalue weighted by atomic mass is 35.5. The lowest BCUT2D eigenvalue weighted by atomic mass is 9.97. The zero-order valence-electron chi connectivity index (χ0n) is 15.6. The van der Waals surface area contributed by atoms with Crippen LogP contribution in [0.15, 0.2) is 34.1 Å². The van der Waals surface area contributed by atoms with E-state index < -0.39 is 0 Å². The number of aliphatic hydroxyl groups excluding tert-OH is 1. The van der Waals surface area contributed by atoms with E-state index in [1.54, 1.807) is 16.7 Å². The Hall–Kier alpha value is -1.83. The minimum atomic E-state index is -0.293. The Morgan fingerprint density at radius 2 is 2.00 bits per heavy atom. The van der Waals surface area contributed by atoms with Gasteiger partial charge in [-0.15, -0.1) is 0 Å². The van der Waals surface area contributed by atoms with E-state index in [1.165, 1.54) is 11.8 Å². The first-order chi connectivity index (χ1) is 13.6. The fourth-order valence-corrected chi connectivity index (χ4v) is 4.35. The summed E-state index contributed by atoms with van der Waals surface area (Å²) >= 11 is 7.19. The van der Waals surface area contributed by atoms with Gasteiger partial charge in [0.25, 0.3) is 0 Å². The van der Waals surface area contributed by atoms with Crippen LogP contribution in [0.2, 0.25) is 5.02 Å². The van der Waals surface area contributed by atoms with E-state index in [-0.39, 0.29) is 24.0 Å². The summed E-state index contributed by atoms with van der Waals surface area (Å²) < 4.78 is 1.69. The van der Waals surface area contributed by atoms with Gasteiger partial charge in [-0.05, 0) is 49.8 Å². The van der Waals surface area contributed by atoms with E-state index in [1.807, 2.05) is 12.1 Å². The van der Waals surface area contributed by atoms with Gasteiger partial charge in [0.2, 0.25) is 5.91 Å². The quantitative estimate of drug-likeness (QED) is 0.505. The van der Waals surface area contributed by atoms with Crippen LogP contribution in [-0.2, 0) is 30.7 Å². The Labute approximate surface area is 173 Å². The number of benzene rings is 1. The van der Waals surface area contributed by atoms with Crippen molar-refractivity contribution in [3.63, 3.8) is 0 Å². The van der Waals surface area contributed by atoms with Gasteiger partial charge >= 0.3 is 5.69 Å². The van der Waals surface area contributed by atoms with Crippen molar-refractivity contribution in [3.8, 4) is 0 Å². The van der Waals surface area contributed by atoms with Crippen molar-refractivity contribution >= 4 is 29.3 Å². The first kappa shape index (κ1) is 20.9. The summed E-state index contributed by atoms with van der Waals surface area (Å²) in [6.07, 6.45) is 4.35. The molecule has 1 aliphatic carbocycles. The number of fused-ring (bicyclic) bond motifs is 1. The minimum absolute atomic E-state index is 0.0471. The Kier molecular flexibility index (Phi) is 7.53. The molecule has 0 unspecified atom stereocenters. The zero-order valence-corrected chi connectivity index (χ0v) is 17.2. The molecule has 28 heavy (non-hydrogen) atoms. The van der Waals surface area contributed by atoms with Crippen molar-refractivity contribution < 1.29 is 9.90 Å². The molecule has 2 N–H and O–H groups in total. The van der Waals surface area contributed by atoms with E-state index in [0.29, 0.717) is 29.6 Å². The molecule has 150 valence electrons. The van der Waals surface area contributed by atoms with Crippen LogP contribution in [-0.4, -0.2) is 32.9 Å². The molecule has 0 aliphatic heterocycles. The molecule has 1 heterocycles. The van der Waals surface area contributed by atoms with Crippen molar-refractivity contribution in [2.75, 3.05) is 12.4 Å². The van der Waals surface area contributed by atoms with E-state index in [0.717, 1.165) is 42.5 Å². The van der Waals surface area contributed by atoms with Gasteiger partial charge in [0, 0.05) is 36.0 Å². The Morgan fingerprint density at radius 1 is 1.25 bits per heavy atom. The van der Waals surface area contributed by atoms with Crippen molar-refractivity contribution in [2.45, 2.75) is 50.2 Å². The maximum absolute atomic E-state index is 12.4. The summed E-state index contributed by atoms with van der Waals surface area (Å²) in [6, 6.07) is 7.33.